The molecule has 140 valence electrons. The molecule has 1 aliphatic heterocycles. The molecule has 2 N–H and O–H groups in total. The Morgan fingerprint density at radius 1 is 0.964 bits per heavy atom. The molecule has 0 unspecified atom stereocenters. The third-order valence-electron chi connectivity index (χ3n) is 4.74. The van der Waals surface area contributed by atoms with Gasteiger partial charge in [0.2, 0.25) is 5.91 Å². The number of fused-ring (bicyclic) bond motifs is 1. The molecule has 0 radical (unpaired) electrons. The number of carbonyl (C=O) groups excluding carboxylic acids is 2. The lowest BCUT2D eigenvalue weighted by atomic mass is 10.0. The Morgan fingerprint density at radius 2 is 1.75 bits per heavy atom. The highest BCUT2D eigenvalue weighted by atomic mass is 16.5. The van der Waals surface area contributed by atoms with Gasteiger partial charge in [-0.05, 0) is 28.8 Å². The van der Waals surface area contributed by atoms with Crippen molar-refractivity contribution in [2.45, 2.75) is 12.8 Å². The van der Waals surface area contributed by atoms with Crippen molar-refractivity contribution in [1.82, 2.24) is 0 Å². The van der Waals surface area contributed by atoms with E-state index in [0.717, 1.165) is 27.9 Å². The van der Waals surface area contributed by atoms with Crippen LogP contribution in [0.25, 0.3) is 11.1 Å². The van der Waals surface area contributed by atoms with E-state index in [4.69, 9.17) is 4.74 Å². The quantitative estimate of drug-likeness (QED) is 0.686. The second kappa shape index (κ2) is 7.96. The van der Waals surface area contributed by atoms with Crippen molar-refractivity contribution in [3.05, 3.63) is 83.9 Å². The Hall–Kier alpha value is -3.60. The molecule has 0 aliphatic carbocycles. The molecule has 0 aromatic heterocycles. The van der Waals surface area contributed by atoms with E-state index < -0.39 is 6.09 Å². The number of rotatable bonds is 5. The van der Waals surface area contributed by atoms with E-state index in [2.05, 4.69) is 10.6 Å². The number of para-hydroxylation sites is 1. The van der Waals surface area contributed by atoms with Gasteiger partial charge < -0.3 is 10.1 Å². The fourth-order valence-electron chi connectivity index (χ4n) is 3.41. The summed E-state index contributed by atoms with van der Waals surface area (Å²) in [7, 11) is 0. The maximum absolute atomic E-state index is 12.3. The number of nitrogens with one attached hydrogen (secondary N) is 2. The molecule has 5 nitrogen and oxygen atoms in total. The molecule has 0 atom stereocenters. The average molecular weight is 372 g/mol. The van der Waals surface area contributed by atoms with Crippen LogP contribution in [0.4, 0.5) is 16.2 Å². The van der Waals surface area contributed by atoms with Crippen molar-refractivity contribution in [1.29, 1.82) is 0 Å². The largest absolute Gasteiger partial charge is 0.449 e. The van der Waals surface area contributed by atoms with Gasteiger partial charge in [0.25, 0.3) is 0 Å². The van der Waals surface area contributed by atoms with Crippen molar-refractivity contribution in [3.8, 4) is 11.1 Å². The summed E-state index contributed by atoms with van der Waals surface area (Å²) in [6.45, 7) is 0.240. The van der Waals surface area contributed by atoms with Crippen LogP contribution in [-0.2, 0) is 22.4 Å². The van der Waals surface area contributed by atoms with Crippen molar-refractivity contribution in [3.63, 3.8) is 0 Å². The first-order chi connectivity index (χ1) is 13.7. The summed E-state index contributed by atoms with van der Waals surface area (Å²) in [5.41, 5.74) is 5.53. The predicted octanol–water partition coefficient (Wildman–Crippen LogP) is 4.64. The summed E-state index contributed by atoms with van der Waals surface area (Å²) in [6, 6.07) is 23.2. The fraction of sp³-hybridized carbons (Fsp3) is 0.130. The predicted molar refractivity (Wildman–Crippen MR) is 109 cm³/mol. The number of anilines is 2. The summed E-state index contributed by atoms with van der Waals surface area (Å²) in [5, 5.41) is 5.66. The van der Waals surface area contributed by atoms with Crippen LogP contribution >= 0.6 is 0 Å². The number of carbonyl (C=O) groups is 2. The fourth-order valence-corrected chi connectivity index (χ4v) is 3.41. The van der Waals surface area contributed by atoms with Gasteiger partial charge in [-0.15, -0.1) is 0 Å². The normalized spacial score (nSPS) is 12.2. The Labute approximate surface area is 163 Å². The monoisotopic (exact) mass is 372 g/mol. The van der Waals surface area contributed by atoms with E-state index in [0.29, 0.717) is 18.5 Å². The highest BCUT2D eigenvalue weighted by molar-refractivity contribution is 5.99. The first kappa shape index (κ1) is 17.8. The first-order valence-electron chi connectivity index (χ1n) is 9.19. The lowest BCUT2D eigenvalue weighted by Gasteiger charge is -2.12. The van der Waals surface area contributed by atoms with Crippen LogP contribution in [-0.4, -0.2) is 18.6 Å². The van der Waals surface area contributed by atoms with E-state index in [1.54, 1.807) is 0 Å². The summed E-state index contributed by atoms with van der Waals surface area (Å²) < 4.78 is 5.37. The zero-order valence-electron chi connectivity index (χ0n) is 15.3. The van der Waals surface area contributed by atoms with Crippen LogP contribution in [0.15, 0.2) is 72.8 Å². The maximum atomic E-state index is 12.3. The lowest BCUT2D eigenvalue weighted by molar-refractivity contribution is -0.115. The van der Waals surface area contributed by atoms with Gasteiger partial charge in [0, 0.05) is 17.7 Å². The summed E-state index contributed by atoms with van der Waals surface area (Å²) in [4.78, 5) is 23.9. The number of hydrogen-bond acceptors (Lipinski definition) is 3. The number of ether oxygens (including phenoxy) is 1. The SMILES string of the molecule is O=C1Cc2c(CCOC(=O)Nc3ccccc3-c3ccccc3)cccc2N1. The topological polar surface area (TPSA) is 67.4 Å². The molecular weight excluding hydrogens is 352 g/mol. The molecule has 0 saturated carbocycles. The molecule has 3 aromatic carbocycles. The van der Waals surface area contributed by atoms with E-state index in [1.807, 2.05) is 72.8 Å². The van der Waals surface area contributed by atoms with Crippen molar-refractivity contribution >= 4 is 23.4 Å². The van der Waals surface area contributed by atoms with Crippen LogP contribution in [0.1, 0.15) is 11.1 Å². The van der Waals surface area contributed by atoms with E-state index in [-0.39, 0.29) is 12.5 Å². The molecule has 2 amide bonds. The molecule has 0 spiro atoms. The molecule has 0 bridgehead atoms. The summed E-state index contributed by atoms with van der Waals surface area (Å²) in [6.07, 6.45) is 0.443. The number of benzene rings is 3. The van der Waals surface area contributed by atoms with Gasteiger partial charge in [-0.25, -0.2) is 4.79 Å². The average Bonchev–Trinajstić information content (AvgIpc) is 3.10. The third-order valence-corrected chi connectivity index (χ3v) is 4.74. The van der Waals surface area contributed by atoms with Crippen molar-refractivity contribution < 1.29 is 14.3 Å². The van der Waals surface area contributed by atoms with Crippen LogP contribution in [0.2, 0.25) is 0 Å². The van der Waals surface area contributed by atoms with Gasteiger partial charge in [0.15, 0.2) is 0 Å². The molecule has 28 heavy (non-hydrogen) atoms. The Kier molecular flexibility index (Phi) is 5.06. The Balaban J connectivity index is 1.38. The summed E-state index contributed by atoms with van der Waals surface area (Å²) >= 11 is 0. The lowest BCUT2D eigenvalue weighted by Crippen LogP contribution is -2.16. The van der Waals surface area contributed by atoms with Gasteiger partial charge in [-0.3, -0.25) is 10.1 Å². The van der Waals surface area contributed by atoms with Gasteiger partial charge in [0.1, 0.15) is 0 Å². The minimum atomic E-state index is -0.495. The van der Waals surface area contributed by atoms with E-state index in [1.165, 1.54) is 0 Å². The van der Waals surface area contributed by atoms with Gasteiger partial charge >= 0.3 is 6.09 Å². The molecule has 1 heterocycles. The molecular formula is C23H20N2O3. The van der Waals surface area contributed by atoms with Gasteiger partial charge in [0.05, 0.1) is 18.7 Å². The highest BCUT2D eigenvalue weighted by Crippen LogP contribution is 2.28. The van der Waals surface area contributed by atoms with Crippen LogP contribution in [0.5, 0.6) is 0 Å². The van der Waals surface area contributed by atoms with E-state index >= 15 is 0 Å². The second-order valence-electron chi connectivity index (χ2n) is 6.59. The number of amides is 2. The molecule has 0 fully saturated rings. The molecule has 3 aromatic rings. The zero-order valence-corrected chi connectivity index (χ0v) is 15.3. The van der Waals surface area contributed by atoms with Crippen LogP contribution in [0.3, 0.4) is 0 Å². The van der Waals surface area contributed by atoms with Crippen LogP contribution < -0.4 is 10.6 Å². The van der Waals surface area contributed by atoms with Gasteiger partial charge in [-0.2, -0.15) is 0 Å². The molecule has 1 aliphatic rings. The number of hydrogen-bond donors (Lipinski definition) is 2. The Bertz CT molecular complexity index is 1020. The molecule has 0 saturated heterocycles. The molecule has 4 rings (SSSR count). The smallest absolute Gasteiger partial charge is 0.411 e. The minimum absolute atomic E-state index is 0.00127. The summed E-state index contributed by atoms with van der Waals surface area (Å²) in [5.74, 6) is -0.00127. The first-order valence-corrected chi connectivity index (χ1v) is 9.19. The van der Waals surface area contributed by atoms with Crippen molar-refractivity contribution in [2.24, 2.45) is 0 Å². The molecule has 5 heteroatoms. The minimum Gasteiger partial charge on any atom is -0.449 e. The zero-order chi connectivity index (χ0) is 19.3. The van der Waals surface area contributed by atoms with Gasteiger partial charge in [-0.1, -0.05) is 60.7 Å². The maximum Gasteiger partial charge on any atom is 0.411 e. The second-order valence-corrected chi connectivity index (χ2v) is 6.59. The highest BCUT2D eigenvalue weighted by Gasteiger charge is 2.20. The standard InChI is InChI=1S/C23H20N2O3/c26-22-15-19-17(9-6-12-21(19)24-22)13-14-28-23(27)25-20-11-5-4-10-18(20)16-7-2-1-3-8-16/h1-12H,13-15H2,(H,24,26)(H,25,27). The Morgan fingerprint density at radius 3 is 2.61 bits per heavy atom. The third kappa shape index (κ3) is 3.88. The van der Waals surface area contributed by atoms with Crippen LogP contribution in [0, 0.1) is 0 Å². The van der Waals surface area contributed by atoms with Crippen molar-refractivity contribution in [2.75, 3.05) is 17.2 Å². The van der Waals surface area contributed by atoms with E-state index in [9.17, 15) is 9.59 Å².